The Morgan fingerprint density at radius 3 is 1.50 bits per heavy atom. The lowest BCUT2D eigenvalue weighted by molar-refractivity contribution is 0.404. The van der Waals surface area contributed by atoms with Crippen molar-refractivity contribution in [3.8, 4) is 11.5 Å². The molecule has 82 valence electrons. The van der Waals surface area contributed by atoms with Gasteiger partial charge in [-0.2, -0.15) is 0 Å². The molecule has 0 bridgehead atoms. The number of para-hydroxylation sites is 2. The average molecular weight is 214 g/mol. The van der Waals surface area contributed by atoms with E-state index in [-0.39, 0.29) is 11.5 Å². The van der Waals surface area contributed by atoms with Crippen molar-refractivity contribution in [2.75, 3.05) is 0 Å². The van der Waals surface area contributed by atoms with E-state index in [2.05, 4.69) is 6.58 Å². The second-order valence-corrected chi connectivity index (χ2v) is 3.10. The van der Waals surface area contributed by atoms with Crippen LogP contribution in [0.25, 0.3) is 6.08 Å². The lowest BCUT2D eigenvalue weighted by atomic mass is 10.2. The largest absolute Gasteiger partial charge is 0.504 e. The molecule has 2 N–H and O–H groups in total. The number of benzene rings is 2. The first-order chi connectivity index (χ1) is 7.74. The molecular weight excluding hydrogens is 200 g/mol. The van der Waals surface area contributed by atoms with Gasteiger partial charge in [0.05, 0.1) is 0 Å². The molecular formula is C14H14O2. The van der Waals surface area contributed by atoms with Gasteiger partial charge in [-0.1, -0.05) is 55.1 Å². The quantitative estimate of drug-likeness (QED) is 0.714. The molecule has 0 aliphatic carbocycles. The number of rotatable bonds is 1. The van der Waals surface area contributed by atoms with Crippen LogP contribution in [0.15, 0.2) is 61.2 Å². The van der Waals surface area contributed by atoms with Crippen molar-refractivity contribution in [3.05, 3.63) is 66.7 Å². The Labute approximate surface area is 95.1 Å². The fraction of sp³-hybridized carbons (Fsp3) is 0. The van der Waals surface area contributed by atoms with Crippen LogP contribution in [-0.2, 0) is 0 Å². The zero-order valence-electron chi connectivity index (χ0n) is 8.88. The molecule has 2 aromatic carbocycles. The highest BCUT2D eigenvalue weighted by Crippen LogP contribution is 2.21. The Kier molecular flexibility index (Phi) is 4.67. The van der Waals surface area contributed by atoms with E-state index in [9.17, 15) is 0 Å². The van der Waals surface area contributed by atoms with Crippen LogP contribution in [0, 0.1) is 0 Å². The monoisotopic (exact) mass is 214 g/mol. The summed E-state index contributed by atoms with van der Waals surface area (Å²) in [6.07, 6.45) is 1.83. The number of phenols is 2. The smallest absolute Gasteiger partial charge is 0.157 e. The molecule has 0 unspecified atom stereocenters. The summed E-state index contributed by atoms with van der Waals surface area (Å²) in [4.78, 5) is 0. The third-order valence-corrected chi connectivity index (χ3v) is 1.92. The molecule has 0 radical (unpaired) electrons. The normalized spacial score (nSPS) is 8.75. The summed E-state index contributed by atoms with van der Waals surface area (Å²) < 4.78 is 0. The molecule has 2 aromatic rings. The van der Waals surface area contributed by atoms with Crippen molar-refractivity contribution in [1.82, 2.24) is 0 Å². The number of hydrogen-bond donors (Lipinski definition) is 2. The summed E-state index contributed by atoms with van der Waals surface area (Å²) in [5.74, 6) is -0.153. The van der Waals surface area contributed by atoms with Gasteiger partial charge in [-0.05, 0) is 17.7 Å². The molecule has 0 aromatic heterocycles. The fourth-order valence-corrected chi connectivity index (χ4v) is 1.05. The molecule has 2 rings (SSSR count). The first-order valence-electron chi connectivity index (χ1n) is 4.88. The van der Waals surface area contributed by atoms with Crippen molar-refractivity contribution in [3.63, 3.8) is 0 Å². The van der Waals surface area contributed by atoms with Crippen LogP contribution in [0.5, 0.6) is 11.5 Å². The van der Waals surface area contributed by atoms with E-state index in [1.165, 1.54) is 17.7 Å². The third kappa shape index (κ3) is 3.88. The van der Waals surface area contributed by atoms with Crippen molar-refractivity contribution in [1.29, 1.82) is 0 Å². The van der Waals surface area contributed by atoms with Crippen LogP contribution < -0.4 is 0 Å². The summed E-state index contributed by atoms with van der Waals surface area (Å²) in [5.41, 5.74) is 1.17. The van der Waals surface area contributed by atoms with Gasteiger partial charge in [0.15, 0.2) is 11.5 Å². The summed E-state index contributed by atoms with van der Waals surface area (Å²) >= 11 is 0. The van der Waals surface area contributed by atoms with Gasteiger partial charge in [-0.15, -0.1) is 0 Å². The minimum Gasteiger partial charge on any atom is -0.504 e. The van der Waals surface area contributed by atoms with Gasteiger partial charge in [0.1, 0.15) is 0 Å². The van der Waals surface area contributed by atoms with E-state index in [0.717, 1.165) is 0 Å². The first kappa shape index (κ1) is 11.9. The number of phenolic OH excluding ortho intramolecular Hbond substituents is 2. The standard InChI is InChI=1S/C8H8.C6H6O2/c1-2-8-6-4-3-5-7-8;7-5-3-1-2-4-6(5)8/h2-7H,1H2;1-4,7-8H. The Morgan fingerprint density at radius 2 is 1.19 bits per heavy atom. The lowest BCUT2D eigenvalue weighted by Crippen LogP contribution is -1.63. The van der Waals surface area contributed by atoms with E-state index in [0.29, 0.717) is 0 Å². The molecule has 0 saturated carbocycles. The molecule has 0 amide bonds. The molecule has 0 saturated heterocycles. The fourth-order valence-electron chi connectivity index (χ4n) is 1.05. The maximum Gasteiger partial charge on any atom is 0.157 e. The molecule has 0 fully saturated rings. The van der Waals surface area contributed by atoms with Crippen LogP contribution >= 0.6 is 0 Å². The summed E-state index contributed by atoms with van der Waals surface area (Å²) in [6, 6.07) is 16.2. The van der Waals surface area contributed by atoms with Crippen LogP contribution in [-0.4, -0.2) is 10.2 Å². The second kappa shape index (κ2) is 6.30. The molecule has 2 heteroatoms. The Bertz CT molecular complexity index is 414. The van der Waals surface area contributed by atoms with Crippen LogP contribution in [0.1, 0.15) is 5.56 Å². The van der Waals surface area contributed by atoms with Crippen molar-refractivity contribution >= 4 is 6.08 Å². The topological polar surface area (TPSA) is 40.5 Å². The van der Waals surface area contributed by atoms with Gasteiger partial charge in [0.2, 0.25) is 0 Å². The molecule has 0 heterocycles. The van der Waals surface area contributed by atoms with Gasteiger partial charge >= 0.3 is 0 Å². The van der Waals surface area contributed by atoms with Gasteiger partial charge in [0, 0.05) is 0 Å². The molecule has 0 aliphatic heterocycles. The van der Waals surface area contributed by atoms with Crippen molar-refractivity contribution in [2.24, 2.45) is 0 Å². The maximum atomic E-state index is 8.67. The summed E-state index contributed by atoms with van der Waals surface area (Å²) in [7, 11) is 0. The minimum atomic E-state index is -0.0764. The average Bonchev–Trinajstić information content (AvgIpc) is 2.35. The molecule has 2 nitrogen and oxygen atoms in total. The minimum absolute atomic E-state index is 0.0764. The van der Waals surface area contributed by atoms with Crippen LogP contribution in [0.2, 0.25) is 0 Å². The zero-order valence-corrected chi connectivity index (χ0v) is 8.88. The Hall–Kier alpha value is -2.22. The number of hydrogen-bond acceptors (Lipinski definition) is 2. The van der Waals surface area contributed by atoms with Gasteiger partial charge in [0.25, 0.3) is 0 Å². The number of aromatic hydroxyl groups is 2. The van der Waals surface area contributed by atoms with Crippen molar-refractivity contribution in [2.45, 2.75) is 0 Å². The highest BCUT2D eigenvalue weighted by molar-refractivity contribution is 5.45. The second-order valence-electron chi connectivity index (χ2n) is 3.10. The van der Waals surface area contributed by atoms with E-state index >= 15 is 0 Å². The van der Waals surface area contributed by atoms with E-state index in [1.54, 1.807) is 12.1 Å². The highest BCUT2D eigenvalue weighted by Gasteiger charge is 1.90. The van der Waals surface area contributed by atoms with E-state index in [4.69, 9.17) is 10.2 Å². The zero-order chi connectivity index (χ0) is 11.8. The first-order valence-corrected chi connectivity index (χ1v) is 4.88. The van der Waals surface area contributed by atoms with Crippen LogP contribution in [0.4, 0.5) is 0 Å². The summed E-state index contributed by atoms with van der Waals surface area (Å²) in [5, 5.41) is 17.3. The van der Waals surface area contributed by atoms with Crippen molar-refractivity contribution < 1.29 is 10.2 Å². The predicted molar refractivity (Wildman–Crippen MR) is 66.3 cm³/mol. The van der Waals surface area contributed by atoms with E-state index in [1.807, 2.05) is 36.4 Å². The van der Waals surface area contributed by atoms with Gasteiger partial charge in [-0.3, -0.25) is 0 Å². The molecule has 0 aliphatic rings. The third-order valence-electron chi connectivity index (χ3n) is 1.92. The van der Waals surface area contributed by atoms with Gasteiger partial charge in [-0.25, -0.2) is 0 Å². The Balaban J connectivity index is 0.000000160. The SMILES string of the molecule is C=Cc1ccccc1.Oc1ccccc1O. The predicted octanol–water partition coefficient (Wildman–Crippen LogP) is 3.43. The summed E-state index contributed by atoms with van der Waals surface area (Å²) in [6.45, 7) is 3.63. The van der Waals surface area contributed by atoms with E-state index < -0.39 is 0 Å². The maximum absolute atomic E-state index is 8.67. The lowest BCUT2D eigenvalue weighted by Gasteiger charge is -1.91. The van der Waals surface area contributed by atoms with Gasteiger partial charge < -0.3 is 10.2 Å². The Morgan fingerprint density at radius 1 is 0.750 bits per heavy atom. The molecule has 0 atom stereocenters. The molecule has 0 spiro atoms. The highest BCUT2D eigenvalue weighted by atomic mass is 16.3. The molecule has 16 heavy (non-hydrogen) atoms. The van der Waals surface area contributed by atoms with Crippen LogP contribution in [0.3, 0.4) is 0 Å².